The van der Waals surface area contributed by atoms with Crippen molar-refractivity contribution < 1.29 is 14.7 Å². The lowest BCUT2D eigenvalue weighted by Crippen LogP contribution is -2.42. The number of nitrogens with one attached hydrogen (secondary N) is 1. The molecule has 0 saturated heterocycles. The van der Waals surface area contributed by atoms with Crippen LogP contribution >= 0.6 is 0 Å². The number of carbonyl (C=O) groups is 1. The van der Waals surface area contributed by atoms with Crippen molar-refractivity contribution in [2.75, 3.05) is 0 Å². The summed E-state index contributed by atoms with van der Waals surface area (Å²) in [6.07, 6.45) is 7.53. The maximum absolute atomic E-state index is 12.0. The number of carbonyl (C=O) groups excluding carboxylic acids is 1. The minimum atomic E-state index is -0.391. The second kappa shape index (κ2) is 6.89. The van der Waals surface area contributed by atoms with Crippen molar-refractivity contribution >= 4 is 11.6 Å². The maximum Gasteiger partial charge on any atom is 0.249 e. The molecule has 2 N–H and O–H groups in total. The van der Waals surface area contributed by atoms with E-state index in [0.717, 1.165) is 44.2 Å². The van der Waals surface area contributed by atoms with Gasteiger partial charge in [-0.05, 0) is 45.4 Å². The molecule has 0 radical (unpaired) electrons. The molecule has 1 unspecified atom stereocenters. The first-order valence-corrected chi connectivity index (χ1v) is 7.34. The summed E-state index contributed by atoms with van der Waals surface area (Å²) in [5.74, 6) is 0.00789. The molecule has 5 heteroatoms. The Balaban J connectivity index is 1.71. The van der Waals surface area contributed by atoms with Gasteiger partial charge in [-0.15, -0.1) is 0 Å². The van der Waals surface area contributed by atoms with Crippen molar-refractivity contribution in [3.63, 3.8) is 0 Å². The van der Waals surface area contributed by atoms with Crippen LogP contribution in [0.3, 0.4) is 0 Å². The third-order valence-corrected chi connectivity index (χ3v) is 4.12. The molecule has 5 nitrogen and oxygen atoms in total. The van der Waals surface area contributed by atoms with Gasteiger partial charge >= 0.3 is 0 Å². The van der Waals surface area contributed by atoms with E-state index in [2.05, 4.69) is 10.5 Å². The average Bonchev–Trinajstić information content (AvgIpc) is 2.92. The van der Waals surface area contributed by atoms with Gasteiger partial charge in [0.2, 0.25) is 5.91 Å². The fourth-order valence-electron chi connectivity index (χ4n) is 2.90. The Bertz CT molecular complexity index is 328. The smallest absolute Gasteiger partial charge is 0.249 e. The molecule has 19 heavy (non-hydrogen) atoms. The molecule has 1 atom stereocenters. The molecule has 0 aromatic heterocycles. The number of hydrogen-bond acceptors (Lipinski definition) is 4. The van der Waals surface area contributed by atoms with Crippen LogP contribution in [0.4, 0.5) is 0 Å². The summed E-state index contributed by atoms with van der Waals surface area (Å²) in [6, 6.07) is 0.345. The van der Waals surface area contributed by atoms with E-state index in [9.17, 15) is 4.79 Å². The van der Waals surface area contributed by atoms with Gasteiger partial charge in [0.15, 0.2) is 0 Å². The number of hydrogen-bond donors (Lipinski definition) is 2. The lowest BCUT2D eigenvalue weighted by molar-refractivity contribution is -0.136. The van der Waals surface area contributed by atoms with Gasteiger partial charge < -0.3 is 15.3 Å². The summed E-state index contributed by atoms with van der Waals surface area (Å²) in [5.41, 5.74) is 0.836. The van der Waals surface area contributed by atoms with Crippen LogP contribution in [0.15, 0.2) is 5.16 Å². The summed E-state index contributed by atoms with van der Waals surface area (Å²) in [6.45, 7) is 1.82. The monoisotopic (exact) mass is 268 g/mol. The molecule has 0 spiro atoms. The van der Waals surface area contributed by atoms with Gasteiger partial charge in [0.25, 0.3) is 0 Å². The number of amides is 1. The highest BCUT2D eigenvalue weighted by Gasteiger charge is 2.25. The van der Waals surface area contributed by atoms with Crippen LogP contribution in [0, 0.1) is 0 Å². The maximum atomic E-state index is 12.0. The van der Waals surface area contributed by atoms with E-state index in [1.807, 2.05) is 6.92 Å². The van der Waals surface area contributed by atoms with Crippen LogP contribution in [0.5, 0.6) is 0 Å². The van der Waals surface area contributed by atoms with Crippen molar-refractivity contribution in [2.45, 2.75) is 76.5 Å². The first-order chi connectivity index (χ1) is 9.19. The summed E-state index contributed by atoms with van der Waals surface area (Å²) in [5, 5.41) is 15.0. The van der Waals surface area contributed by atoms with Crippen LogP contribution < -0.4 is 5.32 Å². The topological polar surface area (TPSA) is 70.9 Å². The zero-order chi connectivity index (χ0) is 13.7. The normalized spacial score (nSPS) is 26.2. The highest BCUT2D eigenvalue weighted by atomic mass is 16.5. The van der Waals surface area contributed by atoms with Gasteiger partial charge in [-0.1, -0.05) is 18.0 Å². The molecular weight excluding hydrogens is 244 g/mol. The number of nitrogens with zero attached hydrogens (tertiary/aromatic N) is 1. The number of rotatable bonds is 4. The Morgan fingerprint density at radius 1 is 1.32 bits per heavy atom. The van der Waals surface area contributed by atoms with E-state index >= 15 is 0 Å². The predicted octanol–water partition coefficient (Wildman–Crippen LogP) is 2.22. The van der Waals surface area contributed by atoms with Gasteiger partial charge in [-0.2, -0.15) is 0 Å². The third-order valence-electron chi connectivity index (χ3n) is 4.12. The summed E-state index contributed by atoms with van der Waals surface area (Å²) >= 11 is 0. The molecule has 0 aliphatic heterocycles. The SMILES string of the molecule is CC(OC1CCC(=NO)CC1)C(=O)NC1CCCC1. The lowest BCUT2D eigenvalue weighted by Gasteiger charge is -2.26. The van der Waals surface area contributed by atoms with E-state index in [-0.39, 0.29) is 12.0 Å². The minimum absolute atomic E-state index is 0.00789. The van der Waals surface area contributed by atoms with E-state index in [1.165, 1.54) is 12.8 Å². The standard InChI is InChI=1S/C14H24N2O3/c1-10(14(17)15-11-4-2-3-5-11)19-13-8-6-12(16-18)7-9-13/h10-11,13,18H,2-9H2,1H3,(H,15,17). The number of oxime groups is 1. The van der Waals surface area contributed by atoms with Gasteiger partial charge in [0, 0.05) is 6.04 Å². The largest absolute Gasteiger partial charge is 0.411 e. The molecule has 2 fully saturated rings. The lowest BCUT2D eigenvalue weighted by atomic mass is 9.95. The zero-order valence-electron chi connectivity index (χ0n) is 11.6. The first kappa shape index (κ1) is 14.3. The van der Waals surface area contributed by atoms with Gasteiger partial charge in [0.1, 0.15) is 6.10 Å². The average molecular weight is 268 g/mol. The van der Waals surface area contributed by atoms with E-state index in [4.69, 9.17) is 9.94 Å². The Morgan fingerprint density at radius 2 is 1.95 bits per heavy atom. The molecule has 0 bridgehead atoms. The van der Waals surface area contributed by atoms with Crippen molar-refractivity contribution in [3.8, 4) is 0 Å². The summed E-state index contributed by atoms with van der Waals surface area (Å²) < 4.78 is 5.81. The Labute approximate surface area is 114 Å². The second-order valence-corrected chi connectivity index (χ2v) is 5.63. The van der Waals surface area contributed by atoms with Crippen molar-refractivity contribution in [3.05, 3.63) is 0 Å². The van der Waals surface area contributed by atoms with Crippen molar-refractivity contribution in [2.24, 2.45) is 5.16 Å². The first-order valence-electron chi connectivity index (χ1n) is 7.34. The Hall–Kier alpha value is -1.10. The minimum Gasteiger partial charge on any atom is -0.411 e. The fourth-order valence-corrected chi connectivity index (χ4v) is 2.90. The molecule has 0 aromatic rings. The summed E-state index contributed by atoms with van der Waals surface area (Å²) in [7, 11) is 0. The molecular formula is C14H24N2O3. The van der Waals surface area contributed by atoms with Crippen molar-refractivity contribution in [1.29, 1.82) is 0 Å². The van der Waals surface area contributed by atoms with Crippen LogP contribution in [-0.4, -0.2) is 35.1 Å². The predicted molar refractivity (Wildman–Crippen MR) is 72.4 cm³/mol. The quantitative estimate of drug-likeness (QED) is 0.606. The van der Waals surface area contributed by atoms with Crippen LogP contribution in [0.1, 0.15) is 58.3 Å². The molecule has 108 valence electrons. The third kappa shape index (κ3) is 4.20. The molecule has 2 rings (SSSR count). The van der Waals surface area contributed by atoms with E-state index in [0.29, 0.717) is 6.04 Å². The molecule has 0 aromatic carbocycles. The molecule has 2 aliphatic carbocycles. The second-order valence-electron chi connectivity index (χ2n) is 5.63. The zero-order valence-corrected chi connectivity index (χ0v) is 11.6. The highest BCUT2D eigenvalue weighted by Crippen LogP contribution is 2.21. The van der Waals surface area contributed by atoms with Crippen LogP contribution in [0.2, 0.25) is 0 Å². The van der Waals surface area contributed by atoms with Gasteiger partial charge in [0.05, 0.1) is 11.8 Å². The molecule has 1 amide bonds. The van der Waals surface area contributed by atoms with E-state index < -0.39 is 6.10 Å². The Kier molecular flexibility index (Phi) is 5.19. The van der Waals surface area contributed by atoms with E-state index in [1.54, 1.807) is 0 Å². The molecule has 2 aliphatic rings. The fraction of sp³-hybridized carbons (Fsp3) is 0.857. The van der Waals surface area contributed by atoms with Crippen LogP contribution in [-0.2, 0) is 9.53 Å². The Morgan fingerprint density at radius 3 is 2.53 bits per heavy atom. The van der Waals surface area contributed by atoms with Gasteiger partial charge in [-0.25, -0.2) is 0 Å². The molecule has 0 heterocycles. The highest BCUT2D eigenvalue weighted by molar-refractivity contribution is 5.84. The van der Waals surface area contributed by atoms with Gasteiger partial charge in [-0.3, -0.25) is 4.79 Å². The molecule has 2 saturated carbocycles. The summed E-state index contributed by atoms with van der Waals surface area (Å²) in [4.78, 5) is 12.0. The number of ether oxygens (including phenoxy) is 1. The van der Waals surface area contributed by atoms with Crippen LogP contribution in [0.25, 0.3) is 0 Å². The van der Waals surface area contributed by atoms with Crippen molar-refractivity contribution in [1.82, 2.24) is 5.32 Å².